The zero-order chi connectivity index (χ0) is 18.0. The van der Waals surface area contributed by atoms with E-state index in [0.29, 0.717) is 28.6 Å². The summed E-state index contributed by atoms with van der Waals surface area (Å²) < 4.78 is 0. The number of Topliss-reactive ketones (excluding diaryl/α,β-unsaturated/α-hetero) is 1. The molecule has 0 bridgehead atoms. The molecule has 4 aliphatic rings. The molecule has 4 aliphatic carbocycles. The molecule has 0 aromatic heterocycles. The van der Waals surface area contributed by atoms with Crippen molar-refractivity contribution in [1.82, 2.24) is 5.32 Å². The fraction of sp³-hybridized carbons (Fsp3) is 0.870. The van der Waals surface area contributed by atoms with Gasteiger partial charge in [0, 0.05) is 12.0 Å². The Morgan fingerprint density at radius 1 is 1.04 bits per heavy atom. The first-order valence-corrected chi connectivity index (χ1v) is 10.6. The molecule has 2 heteroatoms. The van der Waals surface area contributed by atoms with Gasteiger partial charge in [-0.15, -0.1) is 0 Å². The van der Waals surface area contributed by atoms with Crippen LogP contribution in [0.2, 0.25) is 0 Å². The minimum Gasteiger partial charge on any atom is -0.317 e. The summed E-state index contributed by atoms with van der Waals surface area (Å²) in [4.78, 5) is 12.3. The lowest BCUT2D eigenvalue weighted by molar-refractivity contribution is -0.134. The van der Waals surface area contributed by atoms with E-state index in [1.165, 1.54) is 44.9 Å². The summed E-state index contributed by atoms with van der Waals surface area (Å²) in [7, 11) is 2.12. The van der Waals surface area contributed by atoms with Crippen LogP contribution in [0.5, 0.6) is 0 Å². The second-order valence-corrected chi connectivity index (χ2v) is 10.5. The fourth-order valence-corrected chi connectivity index (χ4v) is 8.23. The number of rotatable bonds is 2. The van der Waals surface area contributed by atoms with E-state index in [0.717, 1.165) is 18.3 Å². The van der Waals surface area contributed by atoms with Gasteiger partial charge in [-0.25, -0.2) is 0 Å². The molecule has 0 aliphatic heterocycles. The molecule has 2 nitrogen and oxygen atoms in total. The molecule has 7 atom stereocenters. The number of carbonyl (C=O) groups is 1. The molecule has 0 aromatic carbocycles. The van der Waals surface area contributed by atoms with E-state index in [9.17, 15) is 4.79 Å². The van der Waals surface area contributed by atoms with Gasteiger partial charge in [-0.1, -0.05) is 32.4 Å². The third kappa shape index (κ3) is 2.28. The Hall–Kier alpha value is -0.630. The molecule has 0 radical (unpaired) electrons. The molecular weight excluding hydrogens is 306 g/mol. The van der Waals surface area contributed by atoms with Crippen LogP contribution in [-0.2, 0) is 4.79 Å². The number of ketones is 1. The Balaban J connectivity index is 1.70. The molecule has 3 fully saturated rings. The Labute approximate surface area is 154 Å². The van der Waals surface area contributed by atoms with E-state index in [1.54, 1.807) is 5.57 Å². The Morgan fingerprint density at radius 3 is 2.48 bits per heavy atom. The van der Waals surface area contributed by atoms with Crippen molar-refractivity contribution >= 4 is 5.78 Å². The second kappa shape index (κ2) is 5.68. The largest absolute Gasteiger partial charge is 0.317 e. The molecular formula is C23H37NO. The number of hydrogen-bond donors (Lipinski definition) is 1. The van der Waals surface area contributed by atoms with Gasteiger partial charge in [-0.2, -0.15) is 0 Å². The third-order valence-electron chi connectivity index (χ3n) is 9.57. The Kier molecular flexibility index (Phi) is 4.04. The lowest BCUT2D eigenvalue weighted by atomic mass is 9.41. The van der Waals surface area contributed by atoms with Crippen LogP contribution >= 0.6 is 0 Å². The SMILES string of the molecule is CN[C@H]1CC[C@@]2(C)C(=CC[C@@]3(C)[C@@H]4CC[C@H](C(C)=O)[C@@]4(C)CC[C@@H]32)C1. The highest BCUT2D eigenvalue weighted by Crippen LogP contribution is 2.71. The van der Waals surface area contributed by atoms with Gasteiger partial charge >= 0.3 is 0 Å². The average Bonchev–Trinajstić information content (AvgIpc) is 2.92. The van der Waals surface area contributed by atoms with E-state index in [4.69, 9.17) is 0 Å². The number of allylic oxidation sites excluding steroid dienone is 1. The summed E-state index contributed by atoms with van der Waals surface area (Å²) >= 11 is 0. The Morgan fingerprint density at radius 2 is 1.80 bits per heavy atom. The first-order chi connectivity index (χ1) is 11.8. The van der Waals surface area contributed by atoms with Gasteiger partial charge in [0.15, 0.2) is 0 Å². The first-order valence-electron chi connectivity index (χ1n) is 10.6. The lowest BCUT2D eigenvalue weighted by Crippen LogP contribution is -2.56. The van der Waals surface area contributed by atoms with Crippen LogP contribution in [0.4, 0.5) is 0 Å². The van der Waals surface area contributed by atoms with Gasteiger partial charge in [0.25, 0.3) is 0 Å². The smallest absolute Gasteiger partial charge is 0.133 e. The van der Waals surface area contributed by atoms with Gasteiger partial charge in [-0.05, 0) is 93.4 Å². The zero-order valence-electron chi connectivity index (χ0n) is 17.0. The third-order valence-corrected chi connectivity index (χ3v) is 9.57. The van der Waals surface area contributed by atoms with Crippen molar-refractivity contribution in [3.63, 3.8) is 0 Å². The Bertz CT molecular complexity index is 609. The molecule has 25 heavy (non-hydrogen) atoms. The van der Waals surface area contributed by atoms with Crippen molar-refractivity contribution in [2.24, 2.45) is 34.0 Å². The zero-order valence-corrected chi connectivity index (χ0v) is 17.0. The number of fused-ring (bicyclic) bond motifs is 5. The van der Waals surface area contributed by atoms with Gasteiger partial charge in [0.2, 0.25) is 0 Å². The van der Waals surface area contributed by atoms with E-state index < -0.39 is 0 Å². The standard InChI is InChI=1S/C23H37NO/c1-15(25)18-6-7-19-22(18,3)13-10-20-21(2)12-9-17(24-5)14-16(21)8-11-23(19,20)4/h8,17-20,24H,6-7,9-14H2,1-5H3/t17-,18+,19+,20+,21-,22+,23-/m0/s1. The minimum absolute atomic E-state index is 0.251. The van der Waals surface area contributed by atoms with Crippen LogP contribution in [0.3, 0.4) is 0 Å². The van der Waals surface area contributed by atoms with Crippen molar-refractivity contribution in [2.75, 3.05) is 7.05 Å². The number of carbonyl (C=O) groups excluding carboxylic acids is 1. The maximum atomic E-state index is 12.3. The highest BCUT2D eigenvalue weighted by molar-refractivity contribution is 5.79. The van der Waals surface area contributed by atoms with Crippen molar-refractivity contribution in [2.45, 2.75) is 85.1 Å². The maximum absolute atomic E-state index is 12.3. The molecule has 0 saturated heterocycles. The van der Waals surface area contributed by atoms with E-state index in [1.807, 2.05) is 6.92 Å². The minimum atomic E-state index is 0.251. The molecule has 1 N–H and O–H groups in total. The first kappa shape index (κ1) is 17.8. The quantitative estimate of drug-likeness (QED) is 0.704. The average molecular weight is 344 g/mol. The predicted molar refractivity (Wildman–Crippen MR) is 103 cm³/mol. The van der Waals surface area contributed by atoms with Crippen LogP contribution in [-0.4, -0.2) is 18.9 Å². The van der Waals surface area contributed by atoms with Crippen LogP contribution < -0.4 is 5.32 Å². The molecule has 0 unspecified atom stereocenters. The molecule has 3 saturated carbocycles. The van der Waals surface area contributed by atoms with E-state index >= 15 is 0 Å². The molecule has 140 valence electrons. The topological polar surface area (TPSA) is 29.1 Å². The maximum Gasteiger partial charge on any atom is 0.133 e. The lowest BCUT2D eigenvalue weighted by Gasteiger charge is -2.63. The summed E-state index contributed by atoms with van der Waals surface area (Å²) in [5, 5.41) is 3.52. The normalized spacial score (nSPS) is 52.0. The van der Waals surface area contributed by atoms with Crippen LogP contribution in [0.25, 0.3) is 0 Å². The second-order valence-electron chi connectivity index (χ2n) is 10.5. The predicted octanol–water partition coefficient (Wildman–Crippen LogP) is 5.13. The molecule has 0 spiro atoms. The van der Waals surface area contributed by atoms with Crippen molar-refractivity contribution in [3.8, 4) is 0 Å². The van der Waals surface area contributed by atoms with Crippen LogP contribution in [0.15, 0.2) is 11.6 Å². The summed E-state index contributed by atoms with van der Waals surface area (Å²) in [6.07, 6.45) is 12.8. The van der Waals surface area contributed by atoms with Gasteiger partial charge < -0.3 is 5.32 Å². The summed E-state index contributed by atoms with van der Waals surface area (Å²) in [5.41, 5.74) is 2.78. The summed E-state index contributed by atoms with van der Waals surface area (Å²) in [6, 6.07) is 0.672. The summed E-state index contributed by atoms with van der Waals surface area (Å²) in [5.74, 6) is 2.29. The number of hydrogen-bond acceptors (Lipinski definition) is 2. The van der Waals surface area contributed by atoms with Crippen molar-refractivity contribution in [1.29, 1.82) is 0 Å². The summed E-state index contributed by atoms with van der Waals surface area (Å²) in [6.45, 7) is 9.46. The van der Waals surface area contributed by atoms with Gasteiger partial charge in [0.05, 0.1) is 0 Å². The molecule has 0 heterocycles. The van der Waals surface area contributed by atoms with Crippen LogP contribution in [0, 0.1) is 34.0 Å². The monoisotopic (exact) mass is 343 g/mol. The molecule has 0 aromatic rings. The molecule has 0 amide bonds. The molecule has 4 rings (SSSR count). The van der Waals surface area contributed by atoms with E-state index in [-0.39, 0.29) is 5.41 Å². The van der Waals surface area contributed by atoms with Gasteiger partial charge in [0.1, 0.15) is 5.78 Å². The fourth-order valence-electron chi connectivity index (χ4n) is 8.23. The van der Waals surface area contributed by atoms with Crippen molar-refractivity contribution < 1.29 is 4.79 Å². The highest BCUT2D eigenvalue weighted by atomic mass is 16.1. The number of nitrogens with one attached hydrogen (secondary N) is 1. The highest BCUT2D eigenvalue weighted by Gasteiger charge is 2.64. The van der Waals surface area contributed by atoms with Crippen molar-refractivity contribution in [3.05, 3.63) is 11.6 Å². The van der Waals surface area contributed by atoms with E-state index in [2.05, 4.69) is 39.2 Å². The van der Waals surface area contributed by atoms with Crippen LogP contribution in [0.1, 0.15) is 79.1 Å². The van der Waals surface area contributed by atoms with Gasteiger partial charge in [-0.3, -0.25) is 4.79 Å².